The molecule has 2 N–H and O–H groups in total. The van der Waals surface area contributed by atoms with Crippen molar-refractivity contribution in [3.63, 3.8) is 0 Å². The maximum absolute atomic E-state index is 11.6. The highest BCUT2D eigenvalue weighted by Crippen LogP contribution is 2.16. The second-order valence-electron chi connectivity index (χ2n) is 5.48. The summed E-state index contributed by atoms with van der Waals surface area (Å²) in [6, 6.07) is 1.70. The van der Waals surface area contributed by atoms with Crippen molar-refractivity contribution in [2.75, 3.05) is 7.11 Å². The molecule has 0 aliphatic rings. The zero-order valence-electron chi connectivity index (χ0n) is 14.0. The van der Waals surface area contributed by atoms with Crippen LogP contribution in [0.5, 0.6) is 5.75 Å². The molecular weight excluding hydrogens is 296 g/mol. The van der Waals surface area contributed by atoms with Gasteiger partial charge in [-0.05, 0) is 45.6 Å². The third-order valence-electron chi connectivity index (χ3n) is 3.48. The summed E-state index contributed by atoms with van der Waals surface area (Å²) in [6.07, 6.45) is 9.38. The Kier molecular flexibility index (Phi) is 8.37. The van der Waals surface area contributed by atoms with Crippen LogP contribution in [0.2, 0.25) is 0 Å². The molecule has 0 bridgehead atoms. The van der Waals surface area contributed by atoms with Crippen molar-refractivity contribution < 1.29 is 19.4 Å². The molecule has 0 aliphatic carbocycles. The molecule has 2 unspecified atom stereocenters. The summed E-state index contributed by atoms with van der Waals surface area (Å²) >= 11 is 0. The predicted octanol–water partition coefficient (Wildman–Crippen LogP) is 2.83. The molecule has 1 aromatic heterocycles. The molecule has 23 heavy (non-hydrogen) atoms. The first-order valence-electron chi connectivity index (χ1n) is 7.83. The third kappa shape index (κ3) is 6.84. The molecule has 0 amide bonds. The molecule has 0 saturated heterocycles. The Labute approximate surface area is 136 Å². The minimum absolute atomic E-state index is 0.384. The Morgan fingerprint density at radius 3 is 2.52 bits per heavy atom. The Morgan fingerprint density at radius 1 is 1.26 bits per heavy atom. The van der Waals surface area contributed by atoms with Crippen LogP contribution in [0.3, 0.4) is 0 Å². The van der Waals surface area contributed by atoms with Gasteiger partial charge in [-0.1, -0.05) is 18.2 Å². The van der Waals surface area contributed by atoms with Gasteiger partial charge in [0.25, 0.3) is 0 Å². The van der Waals surface area contributed by atoms with E-state index >= 15 is 0 Å². The fourth-order valence-corrected chi connectivity index (χ4v) is 1.97. The molecule has 0 aliphatic heterocycles. The first-order chi connectivity index (χ1) is 11.0. The highest BCUT2D eigenvalue weighted by Gasteiger charge is 2.06. The lowest BCUT2D eigenvalue weighted by Crippen LogP contribution is -2.19. The molecule has 0 saturated carbocycles. The number of hydrogen-bond donors (Lipinski definition) is 2. The van der Waals surface area contributed by atoms with Gasteiger partial charge in [0, 0.05) is 6.07 Å². The summed E-state index contributed by atoms with van der Waals surface area (Å²) < 4.78 is 10.3. The summed E-state index contributed by atoms with van der Waals surface area (Å²) in [5, 5.41) is 18.5. The van der Waals surface area contributed by atoms with Gasteiger partial charge in [-0.25, -0.2) is 4.79 Å². The van der Waals surface area contributed by atoms with Crippen molar-refractivity contribution in [2.45, 2.75) is 51.7 Å². The number of ether oxygens (including phenoxy) is 1. The fraction of sp³-hybridized carbons (Fsp3) is 0.500. The first kappa shape index (κ1) is 19.2. The predicted molar refractivity (Wildman–Crippen MR) is 90.6 cm³/mol. The van der Waals surface area contributed by atoms with Crippen LogP contribution < -0.4 is 10.4 Å². The number of aliphatic hydroxyl groups excluding tert-OH is 2. The largest absolute Gasteiger partial charge is 0.496 e. The Bertz CT molecular complexity index is 584. The molecule has 1 rings (SSSR count). The molecule has 128 valence electrons. The summed E-state index contributed by atoms with van der Waals surface area (Å²) in [5.74, 6) is 1.01. The average molecular weight is 322 g/mol. The molecule has 0 aromatic carbocycles. The van der Waals surface area contributed by atoms with E-state index in [9.17, 15) is 9.90 Å². The van der Waals surface area contributed by atoms with Crippen molar-refractivity contribution in [3.05, 3.63) is 46.0 Å². The fourth-order valence-electron chi connectivity index (χ4n) is 1.97. The lowest BCUT2D eigenvalue weighted by atomic mass is 10.1. The molecule has 5 nitrogen and oxygen atoms in total. The number of unbranched alkanes of at least 4 members (excludes halogenated alkanes) is 3. The monoisotopic (exact) mass is 322 g/mol. The molecule has 0 radical (unpaired) electrons. The number of aliphatic hydroxyl groups is 2. The highest BCUT2D eigenvalue weighted by atomic mass is 16.5. The Balaban J connectivity index is 2.35. The van der Waals surface area contributed by atoms with Crippen molar-refractivity contribution >= 4 is 6.08 Å². The van der Waals surface area contributed by atoms with Crippen molar-refractivity contribution in [1.29, 1.82) is 0 Å². The smallest absolute Gasteiger partial charge is 0.342 e. The Hall–Kier alpha value is -1.85. The van der Waals surface area contributed by atoms with E-state index in [1.165, 1.54) is 7.11 Å². The zero-order chi connectivity index (χ0) is 17.2. The van der Waals surface area contributed by atoms with E-state index in [-0.39, 0.29) is 5.63 Å². The van der Waals surface area contributed by atoms with Gasteiger partial charge in [0.05, 0.1) is 24.9 Å². The second kappa shape index (κ2) is 10.0. The standard InChI is InChI=1S/C18H26O5/c1-13-17(22-3)12-15(23-18(13)21)10-8-6-4-5-7-9-11-16(20)14(2)19/h8-12,14,16,19-20H,4-7H2,1-3H3/b10-8+,11-9+. The van der Waals surface area contributed by atoms with Crippen LogP contribution in [-0.4, -0.2) is 29.5 Å². The number of rotatable bonds is 9. The van der Waals surface area contributed by atoms with Crippen LogP contribution in [0.4, 0.5) is 0 Å². The zero-order valence-corrected chi connectivity index (χ0v) is 14.0. The van der Waals surface area contributed by atoms with Crippen LogP contribution in [0.25, 0.3) is 6.08 Å². The maximum Gasteiger partial charge on any atom is 0.342 e. The minimum atomic E-state index is -0.797. The minimum Gasteiger partial charge on any atom is -0.496 e. The average Bonchev–Trinajstić information content (AvgIpc) is 2.52. The van der Waals surface area contributed by atoms with E-state index in [0.717, 1.165) is 25.7 Å². The van der Waals surface area contributed by atoms with Crippen LogP contribution in [0.1, 0.15) is 43.9 Å². The second-order valence-corrected chi connectivity index (χ2v) is 5.48. The molecule has 2 atom stereocenters. The maximum atomic E-state index is 11.6. The third-order valence-corrected chi connectivity index (χ3v) is 3.48. The van der Waals surface area contributed by atoms with Gasteiger partial charge < -0.3 is 19.4 Å². The highest BCUT2D eigenvalue weighted by molar-refractivity contribution is 5.46. The lowest BCUT2D eigenvalue weighted by Gasteiger charge is -2.07. The molecular formula is C18H26O5. The van der Waals surface area contributed by atoms with Crippen molar-refractivity contribution in [2.24, 2.45) is 0 Å². The first-order valence-corrected chi connectivity index (χ1v) is 7.83. The van der Waals surface area contributed by atoms with Crippen LogP contribution in [0.15, 0.2) is 33.5 Å². The molecule has 5 heteroatoms. The van der Waals surface area contributed by atoms with Gasteiger partial charge in [-0.15, -0.1) is 0 Å². The van der Waals surface area contributed by atoms with Crippen molar-refractivity contribution in [1.82, 2.24) is 0 Å². The normalized spacial score (nSPS) is 14.5. The molecule has 0 spiro atoms. The summed E-state index contributed by atoms with van der Waals surface area (Å²) in [4.78, 5) is 11.6. The summed E-state index contributed by atoms with van der Waals surface area (Å²) in [7, 11) is 1.53. The van der Waals surface area contributed by atoms with Gasteiger partial charge in [0.15, 0.2) is 0 Å². The number of methoxy groups -OCH3 is 1. The summed E-state index contributed by atoms with van der Waals surface area (Å²) in [6.45, 7) is 3.22. The Morgan fingerprint density at radius 2 is 1.91 bits per heavy atom. The van der Waals surface area contributed by atoms with Gasteiger partial charge in [-0.2, -0.15) is 0 Å². The van der Waals surface area contributed by atoms with E-state index in [4.69, 9.17) is 14.3 Å². The van der Waals surface area contributed by atoms with Crippen molar-refractivity contribution in [3.8, 4) is 5.75 Å². The van der Waals surface area contributed by atoms with E-state index in [0.29, 0.717) is 17.1 Å². The van der Waals surface area contributed by atoms with E-state index in [1.807, 2.05) is 12.2 Å². The van der Waals surface area contributed by atoms with E-state index < -0.39 is 12.2 Å². The van der Waals surface area contributed by atoms with E-state index in [2.05, 4.69) is 0 Å². The molecule has 1 heterocycles. The SMILES string of the molecule is COc1cc(/C=C/CCCC/C=C/C(O)C(C)O)oc(=O)c1C. The lowest BCUT2D eigenvalue weighted by molar-refractivity contribution is 0.0617. The summed E-state index contributed by atoms with van der Waals surface area (Å²) in [5.41, 5.74) is 0.0848. The van der Waals surface area contributed by atoms with Crippen LogP contribution in [-0.2, 0) is 0 Å². The van der Waals surface area contributed by atoms with Gasteiger partial charge in [-0.3, -0.25) is 0 Å². The van der Waals surface area contributed by atoms with E-state index in [1.54, 1.807) is 32.1 Å². The van der Waals surface area contributed by atoms with Gasteiger partial charge >= 0.3 is 5.63 Å². The molecule has 1 aromatic rings. The van der Waals surface area contributed by atoms with Crippen LogP contribution >= 0.6 is 0 Å². The van der Waals surface area contributed by atoms with Crippen LogP contribution in [0, 0.1) is 6.92 Å². The number of allylic oxidation sites excluding steroid dienone is 2. The molecule has 0 fully saturated rings. The van der Waals surface area contributed by atoms with Gasteiger partial charge in [0.1, 0.15) is 11.5 Å². The quantitative estimate of drug-likeness (QED) is 0.540. The topological polar surface area (TPSA) is 79.9 Å². The number of hydrogen-bond acceptors (Lipinski definition) is 5. The van der Waals surface area contributed by atoms with Gasteiger partial charge in [0.2, 0.25) is 0 Å².